The van der Waals surface area contributed by atoms with Crippen molar-refractivity contribution >= 4 is 11.6 Å². The molecule has 0 saturated carbocycles. The zero-order valence-corrected chi connectivity index (χ0v) is 10.2. The lowest BCUT2D eigenvalue weighted by Gasteiger charge is -2.10. The Hall–Kier alpha value is -1.48. The SMILES string of the molecule is Cc1c[c]cc(-c2ccc(C(F)(F)F)cc2Cl)c1. The van der Waals surface area contributed by atoms with Gasteiger partial charge in [0, 0.05) is 10.6 Å². The molecule has 0 heterocycles. The van der Waals surface area contributed by atoms with Crippen molar-refractivity contribution in [2.24, 2.45) is 0 Å². The monoisotopic (exact) mass is 269 g/mol. The summed E-state index contributed by atoms with van der Waals surface area (Å²) in [4.78, 5) is 0. The number of halogens is 4. The lowest BCUT2D eigenvalue weighted by Crippen LogP contribution is -2.04. The van der Waals surface area contributed by atoms with Crippen molar-refractivity contribution in [1.29, 1.82) is 0 Å². The molecular weight excluding hydrogens is 261 g/mol. The summed E-state index contributed by atoms with van der Waals surface area (Å²) in [7, 11) is 0. The van der Waals surface area contributed by atoms with Crippen LogP contribution in [-0.2, 0) is 6.18 Å². The molecule has 0 amide bonds. The van der Waals surface area contributed by atoms with Crippen molar-refractivity contribution in [2.45, 2.75) is 13.1 Å². The lowest BCUT2D eigenvalue weighted by molar-refractivity contribution is -0.137. The maximum atomic E-state index is 12.5. The smallest absolute Gasteiger partial charge is 0.166 e. The van der Waals surface area contributed by atoms with Crippen molar-refractivity contribution in [1.82, 2.24) is 0 Å². The predicted octanol–water partition coefficient (Wildman–Crippen LogP) is 5.13. The van der Waals surface area contributed by atoms with Crippen LogP contribution in [0, 0.1) is 13.0 Å². The molecule has 93 valence electrons. The average Bonchev–Trinajstić information content (AvgIpc) is 2.27. The Morgan fingerprint density at radius 3 is 2.39 bits per heavy atom. The Morgan fingerprint density at radius 2 is 1.83 bits per heavy atom. The van der Waals surface area contributed by atoms with Gasteiger partial charge >= 0.3 is 6.18 Å². The number of hydrogen-bond donors (Lipinski definition) is 0. The standard InChI is InChI=1S/C14H9ClF3/c1-9-3-2-4-10(7-9)12-6-5-11(8-13(12)15)14(16,17)18/h3-8H,1H3. The van der Waals surface area contributed by atoms with Gasteiger partial charge in [0.05, 0.1) is 5.56 Å². The molecule has 0 aliphatic rings. The summed E-state index contributed by atoms with van der Waals surface area (Å²) in [6, 6.07) is 11.6. The average molecular weight is 270 g/mol. The van der Waals surface area contributed by atoms with Gasteiger partial charge in [0.25, 0.3) is 0 Å². The van der Waals surface area contributed by atoms with E-state index in [1.807, 2.05) is 13.0 Å². The minimum absolute atomic E-state index is 0.0869. The second-order valence-corrected chi connectivity index (χ2v) is 4.40. The third kappa shape index (κ3) is 2.67. The number of hydrogen-bond acceptors (Lipinski definition) is 0. The molecule has 0 spiro atoms. The Kier molecular flexibility index (Phi) is 3.35. The first-order valence-corrected chi connectivity index (χ1v) is 5.60. The van der Waals surface area contributed by atoms with Gasteiger partial charge in [0.2, 0.25) is 0 Å². The summed E-state index contributed by atoms with van der Waals surface area (Å²) >= 11 is 5.91. The van der Waals surface area contributed by atoms with E-state index in [0.717, 1.165) is 23.3 Å². The molecule has 0 N–H and O–H groups in total. The van der Waals surface area contributed by atoms with E-state index in [2.05, 4.69) is 6.07 Å². The molecule has 4 heteroatoms. The van der Waals surface area contributed by atoms with Gasteiger partial charge in [0.15, 0.2) is 0 Å². The van der Waals surface area contributed by atoms with Gasteiger partial charge in [0.1, 0.15) is 0 Å². The first-order valence-electron chi connectivity index (χ1n) is 5.23. The van der Waals surface area contributed by atoms with Crippen LogP contribution in [0.4, 0.5) is 13.2 Å². The first kappa shape index (κ1) is 13.0. The second kappa shape index (κ2) is 4.65. The third-order valence-electron chi connectivity index (χ3n) is 2.54. The number of alkyl halides is 3. The van der Waals surface area contributed by atoms with Crippen LogP contribution in [0.25, 0.3) is 11.1 Å². The minimum atomic E-state index is -4.37. The van der Waals surface area contributed by atoms with Crippen LogP contribution in [0.3, 0.4) is 0 Å². The van der Waals surface area contributed by atoms with Crippen LogP contribution in [0.2, 0.25) is 5.02 Å². The van der Waals surface area contributed by atoms with Crippen LogP contribution in [0.1, 0.15) is 11.1 Å². The van der Waals surface area contributed by atoms with E-state index >= 15 is 0 Å². The highest BCUT2D eigenvalue weighted by atomic mass is 35.5. The maximum Gasteiger partial charge on any atom is 0.416 e. The van der Waals surface area contributed by atoms with E-state index in [1.54, 1.807) is 12.1 Å². The summed E-state index contributed by atoms with van der Waals surface area (Å²) in [5, 5.41) is 0.0869. The summed E-state index contributed by atoms with van der Waals surface area (Å²) in [5.74, 6) is 0. The molecular formula is C14H9ClF3. The molecule has 0 bridgehead atoms. The molecule has 1 radical (unpaired) electrons. The molecule has 2 rings (SSSR count). The zero-order chi connectivity index (χ0) is 13.3. The van der Waals surface area contributed by atoms with E-state index in [1.165, 1.54) is 6.07 Å². The second-order valence-electron chi connectivity index (χ2n) is 3.99. The Morgan fingerprint density at radius 1 is 1.11 bits per heavy atom. The summed E-state index contributed by atoms with van der Waals surface area (Å²) in [6.45, 7) is 1.89. The van der Waals surface area contributed by atoms with Gasteiger partial charge in [-0.1, -0.05) is 29.8 Å². The van der Waals surface area contributed by atoms with E-state index in [4.69, 9.17) is 11.6 Å². The molecule has 18 heavy (non-hydrogen) atoms. The molecule has 0 fully saturated rings. The van der Waals surface area contributed by atoms with Gasteiger partial charge in [-0.05, 0) is 42.3 Å². The number of benzene rings is 2. The maximum absolute atomic E-state index is 12.5. The number of aryl methyl sites for hydroxylation is 1. The summed E-state index contributed by atoms with van der Waals surface area (Å²) in [6.07, 6.45) is -4.37. The van der Waals surface area contributed by atoms with Crippen LogP contribution in [0.15, 0.2) is 36.4 Å². The highest BCUT2D eigenvalue weighted by Crippen LogP contribution is 2.35. The molecule has 0 atom stereocenters. The molecule has 0 aromatic heterocycles. The normalized spacial score (nSPS) is 11.6. The van der Waals surface area contributed by atoms with Crippen LogP contribution in [-0.4, -0.2) is 0 Å². The predicted molar refractivity (Wildman–Crippen MR) is 65.5 cm³/mol. The van der Waals surface area contributed by atoms with E-state index in [9.17, 15) is 13.2 Å². The fraction of sp³-hybridized carbons (Fsp3) is 0.143. The zero-order valence-electron chi connectivity index (χ0n) is 9.48. The molecule has 0 unspecified atom stereocenters. The summed E-state index contributed by atoms with van der Waals surface area (Å²) < 4.78 is 37.5. The van der Waals surface area contributed by atoms with Crippen molar-refractivity contribution < 1.29 is 13.2 Å². The third-order valence-corrected chi connectivity index (χ3v) is 2.85. The van der Waals surface area contributed by atoms with Crippen LogP contribution < -0.4 is 0 Å². The molecule has 0 nitrogen and oxygen atoms in total. The highest BCUT2D eigenvalue weighted by molar-refractivity contribution is 6.33. The van der Waals surface area contributed by atoms with Gasteiger partial charge in [-0.2, -0.15) is 13.2 Å². The van der Waals surface area contributed by atoms with Gasteiger partial charge in [-0.3, -0.25) is 0 Å². The molecule has 2 aromatic rings. The Balaban J connectivity index is 2.48. The van der Waals surface area contributed by atoms with Crippen molar-refractivity contribution in [2.75, 3.05) is 0 Å². The van der Waals surface area contributed by atoms with Crippen molar-refractivity contribution in [3.63, 3.8) is 0 Å². The summed E-state index contributed by atoms with van der Waals surface area (Å²) in [5.41, 5.74) is 1.56. The molecule has 0 aliphatic heterocycles. The lowest BCUT2D eigenvalue weighted by atomic mass is 10.0. The molecule has 2 aromatic carbocycles. The highest BCUT2D eigenvalue weighted by Gasteiger charge is 2.30. The fourth-order valence-corrected chi connectivity index (χ4v) is 1.96. The van der Waals surface area contributed by atoms with Crippen LogP contribution >= 0.6 is 11.6 Å². The first-order chi connectivity index (χ1) is 8.38. The minimum Gasteiger partial charge on any atom is -0.166 e. The van der Waals surface area contributed by atoms with Crippen molar-refractivity contribution in [3.8, 4) is 11.1 Å². The van der Waals surface area contributed by atoms with Crippen molar-refractivity contribution in [3.05, 3.63) is 58.6 Å². The van der Waals surface area contributed by atoms with E-state index in [0.29, 0.717) is 5.56 Å². The topological polar surface area (TPSA) is 0 Å². The van der Waals surface area contributed by atoms with Gasteiger partial charge in [-0.15, -0.1) is 0 Å². The molecule has 0 saturated heterocycles. The Bertz CT molecular complexity index is 573. The Labute approximate surface area is 108 Å². The quantitative estimate of drug-likeness (QED) is 0.673. The fourth-order valence-electron chi connectivity index (χ4n) is 1.67. The number of rotatable bonds is 1. The van der Waals surface area contributed by atoms with E-state index < -0.39 is 11.7 Å². The van der Waals surface area contributed by atoms with Gasteiger partial charge in [-0.25, -0.2) is 0 Å². The van der Waals surface area contributed by atoms with Gasteiger partial charge < -0.3 is 0 Å². The van der Waals surface area contributed by atoms with Crippen LogP contribution in [0.5, 0.6) is 0 Å². The molecule has 0 aliphatic carbocycles. The largest absolute Gasteiger partial charge is 0.416 e. The van der Waals surface area contributed by atoms with E-state index in [-0.39, 0.29) is 5.02 Å².